The summed E-state index contributed by atoms with van der Waals surface area (Å²) in [5.41, 5.74) is 5.53. The summed E-state index contributed by atoms with van der Waals surface area (Å²) in [6, 6.07) is 6.02. The van der Waals surface area contributed by atoms with E-state index >= 15 is 0 Å². The molecule has 2 aromatic rings. The molecule has 3 rings (SSSR count). The number of thioether (sulfide) groups is 1. The lowest BCUT2D eigenvalue weighted by Crippen LogP contribution is -2.50. The van der Waals surface area contributed by atoms with Gasteiger partial charge in [-0.15, -0.1) is 10.2 Å². The molecule has 0 aromatic carbocycles. The minimum Gasteiger partial charge on any atom is -0.374 e. The van der Waals surface area contributed by atoms with Crippen molar-refractivity contribution in [1.29, 1.82) is 0 Å². The number of carbonyl (C=O) groups is 1. The number of hydrogen-bond donors (Lipinski definition) is 1. The second-order valence-electron chi connectivity index (χ2n) is 4.81. The van der Waals surface area contributed by atoms with E-state index in [1.807, 2.05) is 29.3 Å². The predicted molar refractivity (Wildman–Crippen MR) is 86.8 cm³/mol. The van der Waals surface area contributed by atoms with Crippen molar-refractivity contribution in [3.8, 4) is 0 Å². The molecule has 1 amide bonds. The molecule has 2 aromatic heterocycles. The van der Waals surface area contributed by atoms with Crippen LogP contribution in [-0.2, 0) is 4.79 Å². The summed E-state index contributed by atoms with van der Waals surface area (Å²) in [5, 5.41) is 8.08. The molecule has 7 nitrogen and oxygen atoms in total. The van der Waals surface area contributed by atoms with E-state index in [1.54, 1.807) is 0 Å². The van der Waals surface area contributed by atoms with Gasteiger partial charge in [-0.1, -0.05) is 29.2 Å². The van der Waals surface area contributed by atoms with E-state index in [0.717, 1.165) is 36.3 Å². The van der Waals surface area contributed by atoms with Crippen LogP contribution in [0, 0.1) is 0 Å². The summed E-state index contributed by atoms with van der Waals surface area (Å²) in [7, 11) is 0. The molecule has 0 unspecified atom stereocenters. The van der Waals surface area contributed by atoms with Gasteiger partial charge in [-0.3, -0.25) is 9.69 Å². The molecule has 0 aliphatic carbocycles. The first-order valence-corrected chi connectivity index (χ1v) is 8.74. The van der Waals surface area contributed by atoms with Gasteiger partial charge < -0.3 is 10.6 Å². The Hall–Kier alpha value is -1.87. The molecule has 9 heteroatoms. The zero-order valence-electron chi connectivity index (χ0n) is 11.9. The van der Waals surface area contributed by atoms with Gasteiger partial charge in [-0.05, 0) is 6.07 Å². The van der Waals surface area contributed by atoms with Crippen LogP contribution in [0.15, 0.2) is 28.7 Å². The van der Waals surface area contributed by atoms with Crippen LogP contribution in [0.5, 0.6) is 0 Å². The number of H-pyrrole nitrogens is 1. The Morgan fingerprint density at radius 2 is 2.14 bits per heavy atom. The van der Waals surface area contributed by atoms with Crippen molar-refractivity contribution in [2.75, 3.05) is 42.6 Å². The zero-order valence-corrected chi connectivity index (χ0v) is 13.6. The SMILES string of the molecule is Nc1nnc(SCC(=O)N2CCN(c3cccc[nH+]3)CC2)s1. The number of aromatic nitrogens is 3. The molecule has 3 heterocycles. The highest BCUT2D eigenvalue weighted by Crippen LogP contribution is 2.23. The number of aromatic amines is 1. The van der Waals surface area contributed by atoms with Crippen LogP contribution < -0.4 is 15.6 Å². The van der Waals surface area contributed by atoms with Gasteiger partial charge >= 0.3 is 0 Å². The van der Waals surface area contributed by atoms with E-state index in [2.05, 4.69) is 20.1 Å². The molecule has 22 heavy (non-hydrogen) atoms. The summed E-state index contributed by atoms with van der Waals surface area (Å²) in [6.45, 7) is 3.14. The maximum Gasteiger partial charge on any atom is 0.274 e. The second-order valence-corrected chi connectivity index (χ2v) is 7.04. The first-order chi connectivity index (χ1) is 10.7. The molecule has 1 aliphatic rings. The number of carbonyl (C=O) groups excluding carboxylic acids is 1. The number of piperazine rings is 1. The Kier molecular flexibility index (Phi) is 4.74. The maximum absolute atomic E-state index is 12.2. The average Bonchev–Trinajstić information content (AvgIpc) is 2.99. The van der Waals surface area contributed by atoms with Crippen LogP contribution in [-0.4, -0.2) is 52.9 Å². The molecule has 3 N–H and O–H groups in total. The predicted octanol–water partition coefficient (Wildman–Crippen LogP) is 0.375. The van der Waals surface area contributed by atoms with Gasteiger partial charge in [-0.2, -0.15) is 0 Å². The highest BCUT2D eigenvalue weighted by atomic mass is 32.2. The number of hydrogen-bond acceptors (Lipinski definition) is 7. The van der Waals surface area contributed by atoms with Crippen LogP contribution in [0.1, 0.15) is 0 Å². The molecule has 0 atom stereocenters. The second kappa shape index (κ2) is 6.93. The van der Waals surface area contributed by atoms with Crippen molar-refractivity contribution in [2.24, 2.45) is 0 Å². The minimum atomic E-state index is 0.135. The van der Waals surface area contributed by atoms with E-state index in [-0.39, 0.29) is 5.91 Å². The molecule has 1 aliphatic heterocycles. The normalized spacial score (nSPS) is 15.1. The maximum atomic E-state index is 12.2. The van der Waals surface area contributed by atoms with Crippen molar-refractivity contribution in [1.82, 2.24) is 15.1 Å². The van der Waals surface area contributed by atoms with Gasteiger partial charge in [0.1, 0.15) is 13.1 Å². The van der Waals surface area contributed by atoms with Gasteiger partial charge in [0.25, 0.3) is 5.82 Å². The quantitative estimate of drug-likeness (QED) is 0.811. The Balaban J connectivity index is 1.47. The molecule has 1 fully saturated rings. The standard InChI is InChI=1S/C13H16N6OS2/c14-12-16-17-13(22-12)21-9-11(20)19-7-5-18(6-8-19)10-3-1-2-4-15-10/h1-4H,5-9H2,(H2,14,16)/p+1. The van der Waals surface area contributed by atoms with Gasteiger partial charge in [0.05, 0.1) is 25.0 Å². The highest BCUT2D eigenvalue weighted by molar-refractivity contribution is 8.01. The van der Waals surface area contributed by atoms with Crippen LogP contribution in [0.2, 0.25) is 0 Å². The number of pyridine rings is 1. The Labute approximate surface area is 136 Å². The lowest BCUT2D eigenvalue weighted by Gasteiger charge is -2.30. The Morgan fingerprint density at radius 1 is 1.32 bits per heavy atom. The molecule has 116 valence electrons. The Bertz CT molecular complexity index is 626. The van der Waals surface area contributed by atoms with E-state index in [0.29, 0.717) is 10.9 Å². The molecule has 0 spiro atoms. The van der Waals surface area contributed by atoms with Crippen LogP contribution >= 0.6 is 23.1 Å². The number of nitrogen functional groups attached to an aromatic ring is 1. The molecule has 0 radical (unpaired) electrons. The van der Waals surface area contributed by atoms with Gasteiger partial charge in [0.2, 0.25) is 11.0 Å². The molecular weight excluding hydrogens is 320 g/mol. The van der Waals surface area contributed by atoms with Gasteiger partial charge in [0.15, 0.2) is 4.34 Å². The fraction of sp³-hybridized carbons (Fsp3) is 0.385. The molecule has 0 saturated carbocycles. The van der Waals surface area contributed by atoms with Crippen LogP contribution in [0.3, 0.4) is 0 Å². The topological polar surface area (TPSA) is 89.5 Å². The third-order valence-electron chi connectivity index (χ3n) is 3.41. The summed E-state index contributed by atoms with van der Waals surface area (Å²) >= 11 is 2.70. The van der Waals surface area contributed by atoms with Gasteiger partial charge in [0, 0.05) is 6.07 Å². The zero-order chi connectivity index (χ0) is 15.4. The molecule has 1 saturated heterocycles. The number of nitrogens with two attached hydrogens (primary N) is 1. The highest BCUT2D eigenvalue weighted by Gasteiger charge is 2.26. The summed E-state index contributed by atoms with van der Waals surface area (Å²) < 4.78 is 0.739. The lowest BCUT2D eigenvalue weighted by atomic mass is 10.3. The number of nitrogens with zero attached hydrogens (tertiary/aromatic N) is 4. The Morgan fingerprint density at radius 3 is 2.77 bits per heavy atom. The summed E-state index contributed by atoms with van der Waals surface area (Å²) in [5.74, 6) is 1.61. The minimum absolute atomic E-state index is 0.135. The fourth-order valence-corrected chi connectivity index (χ4v) is 3.81. The van der Waals surface area contributed by atoms with Gasteiger partial charge in [-0.25, -0.2) is 4.98 Å². The monoisotopic (exact) mass is 337 g/mol. The van der Waals surface area contributed by atoms with Crippen molar-refractivity contribution in [3.63, 3.8) is 0 Å². The summed E-state index contributed by atoms with van der Waals surface area (Å²) in [6.07, 6.45) is 1.91. The third-order valence-corrected chi connectivity index (χ3v) is 5.28. The van der Waals surface area contributed by atoms with Crippen molar-refractivity contribution in [2.45, 2.75) is 4.34 Å². The van der Waals surface area contributed by atoms with E-state index in [1.165, 1.54) is 23.1 Å². The number of anilines is 2. The average molecular weight is 337 g/mol. The number of rotatable bonds is 4. The third kappa shape index (κ3) is 3.66. The van der Waals surface area contributed by atoms with E-state index in [4.69, 9.17) is 5.73 Å². The molecular formula is C13H17N6OS2+. The largest absolute Gasteiger partial charge is 0.374 e. The first kappa shape index (κ1) is 15.0. The molecule has 0 bridgehead atoms. The number of nitrogens with one attached hydrogen (secondary N) is 1. The smallest absolute Gasteiger partial charge is 0.274 e. The van der Waals surface area contributed by atoms with Crippen LogP contribution in [0.25, 0.3) is 0 Å². The fourth-order valence-electron chi connectivity index (χ4n) is 2.27. The first-order valence-electron chi connectivity index (χ1n) is 6.93. The number of amides is 1. The van der Waals surface area contributed by atoms with Crippen molar-refractivity contribution in [3.05, 3.63) is 24.4 Å². The summed E-state index contributed by atoms with van der Waals surface area (Å²) in [4.78, 5) is 19.6. The van der Waals surface area contributed by atoms with E-state index < -0.39 is 0 Å². The van der Waals surface area contributed by atoms with Crippen molar-refractivity contribution < 1.29 is 9.78 Å². The van der Waals surface area contributed by atoms with Crippen molar-refractivity contribution >= 4 is 40.0 Å². The van der Waals surface area contributed by atoms with Crippen LogP contribution in [0.4, 0.5) is 10.9 Å². The van der Waals surface area contributed by atoms with E-state index in [9.17, 15) is 4.79 Å². The lowest BCUT2D eigenvalue weighted by molar-refractivity contribution is -0.364.